The SMILES string of the molecule is CC(C)(C)c1ccc(N(CCBr)CC(F)(F)F)nc1. The molecule has 0 aliphatic rings. The highest BCUT2D eigenvalue weighted by Crippen LogP contribution is 2.25. The van der Waals surface area contributed by atoms with Crippen LogP contribution in [0.4, 0.5) is 19.0 Å². The second-order valence-electron chi connectivity index (χ2n) is 5.38. The van der Waals surface area contributed by atoms with Crippen LogP contribution >= 0.6 is 15.9 Å². The number of aromatic nitrogens is 1. The van der Waals surface area contributed by atoms with E-state index in [-0.39, 0.29) is 12.0 Å². The Kier molecular flexibility index (Phi) is 5.24. The molecule has 1 rings (SSSR count). The molecule has 0 saturated carbocycles. The first-order valence-corrected chi connectivity index (χ1v) is 7.10. The highest BCUT2D eigenvalue weighted by molar-refractivity contribution is 9.09. The van der Waals surface area contributed by atoms with Crippen LogP contribution in [0.1, 0.15) is 26.3 Å². The van der Waals surface area contributed by atoms with Crippen molar-refractivity contribution in [2.45, 2.75) is 32.4 Å². The smallest absolute Gasteiger partial charge is 0.347 e. The van der Waals surface area contributed by atoms with Gasteiger partial charge in [-0.1, -0.05) is 42.8 Å². The van der Waals surface area contributed by atoms with Crippen LogP contribution in [-0.2, 0) is 5.41 Å². The lowest BCUT2D eigenvalue weighted by molar-refractivity contribution is -0.119. The van der Waals surface area contributed by atoms with Gasteiger partial charge in [0.15, 0.2) is 0 Å². The normalized spacial score (nSPS) is 12.6. The zero-order chi connectivity index (χ0) is 14.7. The van der Waals surface area contributed by atoms with Gasteiger partial charge in [-0.2, -0.15) is 13.2 Å². The molecule has 0 radical (unpaired) electrons. The monoisotopic (exact) mass is 338 g/mol. The summed E-state index contributed by atoms with van der Waals surface area (Å²) in [7, 11) is 0. The van der Waals surface area contributed by atoms with Crippen LogP contribution in [0, 0.1) is 0 Å². The minimum atomic E-state index is -4.23. The zero-order valence-electron chi connectivity index (χ0n) is 11.3. The summed E-state index contributed by atoms with van der Waals surface area (Å²) in [5.41, 5.74) is 0.942. The van der Waals surface area contributed by atoms with E-state index in [1.165, 1.54) is 4.90 Å². The molecule has 0 saturated heterocycles. The van der Waals surface area contributed by atoms with Gasteiger partial charge < -0.3 is 4.90 Å². The van der Waals surface area contributed by atoms with Crippen molar-refractivity contribution in [1.82, 2.24) is 4.98 Å². The van der Waals surface area contributed by atoms with Crippen molar-refractivity contribution in [3.05, 3.63) is 23.9 Å². The Hall–Kier alpha value is -0.780. The second kappa shape index (κ2) is 6.11. The summed E-state index contributed by atoms with van der Waals surface area (Å²) in [5, 5.41) is 0.464. The number of halogens is 4. The van der Waals surface area contributed by atoms with Gasteiger partial charge in [-0.15, -0.1) is 0 Å². The van der Waals surface area contributed by atoms with Crippen LogP contribution in [-0.4, -0.2) is 29.6 Å². The molecular formula is C13H18BrF3N2. The first kappa shape index (κ1) is 16.3. The Morgan fingerprint density at radius 1 is 1.21 bits per heavy atom. The van der Waals surface area contributed by atoms with Crippen LogP contribution in [0.25, 0.3) is 0 Å². The fraction of sp³-hybridized carbons (Fsp3) is 0.615. The molecule has 1 heterocycles. The maximum Gasteiger partial charge on any atom is 0.405 e. The molecule has 19 heavy (non-hydrogen) atoms. The van der Waals surface area contributed by atoms with Crippen molar-refractivity contribution in [3.8, 4) is 0 Å². The summed E-state index contributed by atoms with van der Waals surface area (Å²) < 4.78 is 37.5. The van der Waals surface area contributed by atoms with E-state index in [0.29, 0.717) is 11.1 Å². The van der Waals surface area contributed by atoms with Gasteiger partial charge >= 0.3 is 6.18 Å². The predicted octanol–water partition coefficient (Wildman–Crippen LogP) is 4.14. The summed E-state index contributed by atoms with van der Waals surface area (Å²) >= 11 is 3.16. The molecule has 2 nitrogen and oxygen atoms in total. The van der Waals surface area contributed by atoms with Crippen molar-refractivity contribution in [2.75, 3.05) is 23.3 Å². The van der Waals surface area contributed by atoms with Gasteiger partial charge in [-0.3, -0.25) is 0 Å². The summed E-state index contributed by atoms with van der Waals surface area (Å²) in [6, 6.07) is 3.48. The molecule has 0 aromatic carbocycles. The first-order valence-electron chi connectivity index (χ1n) is 5.97. The summed E-state index contributed by atoms with van der Waals surface area (Å²) in [4.78, 5) is 5.38. The third-order valence-electron chi connectivity index (χ3n) is 2.66. The van der Waals surface area contributed by atoms with Gasteiger partial charge in [0.25, 0.3) is 0 Å². The first-order chi connectivity index (χ1) is 8.63. The molecule has 0 spiro atoms. The maximum absolute atomic E-state index is 12.5. The van der Waals surface area contributed by atoms with Crippen molar-refractivity contribution in [1.29, 1.82) is 0 Å². The molecule has 0 N–H and O–H groups in total. The van der Waals surface area contributed by atoms with Crippen molar-refractivity contribution in [2.24, 2.45) is 0 Å². The molecule has 108 valence electrons. The van der Waals surface area contributed by atoms with E-state index in [2.05, 4.69) is 20.9 Å². The zero-order valence-corrected chi connectivity index (χ0v) is 12.8. The molecule has 0 aliphatic carbocycles. The van der Waals surface area contributed by atoms with Gasteiger partial charge in [0.05, 0.1) is 0 Å². The highest BCUT2D eigenvalue weighted by Gasteiger charge is 2.31. The lowest BCUT2D eigenvalue weighted by Crippen LogP contribution is -2.36. The van der Waals surface area contributed by atoms with Crippen molar-refractivity contribution >= 4 is 21.7 Å². The molecule has 0 aliphatic heterocycles. The summed E-state index contributed by atoms with van der Waals surface area (Å²) in [6.45, 7) is 5.39. The molecule has 0 atom stereocenters. The molecule has 0 bridgehead atoms. The third kappa shape index (κ3) is 5.38. The number of anilines is 1. The summed E-state index contributed by atoms with van der Waals surface area (Å²) in [6.07, 6.45) is -2.58. The highest BCUT2D eigenvalue weighted by atomic mass is 79.9. The number of hydrogen-bond donors (Lipinski definition) is 0. The van der Waals surface area contributed by atoms with Gasteiger partial charge in [0.1, 0.15) is 12.4 Å². The Balaban J connectivity index is 2.91. The quantitative estimate of drug-likeness (QED) is 0.767. The molecule has 0 fully saturated rings. The largest absolute Gasteiger partial charge is 0.405 e. The van der Waals surface area contributed by atoms with Gasteiger partial charge in [-0.05, 0) is 17.0 Å². The fourth-order valence-electron chi connectivity index (χ4n) is 1.61. The van der Waals surface area contributed by atoms with Crippen LogP contribution < -0.4 is 4.90 Å². The maximum atomic E-state index is 12.5. The molecule has 0 amide bonds. The van der Waals surface area contributed by atoms with Crippen LogP contribution in [0.3, 0.4) is 0 Å². The lowest BCUT2D eigenvalue weighted by atomic mass is 9.88. The third-order valence-corrected chi connectivity index (χ3v) is 3.02. The van der Waals surface area contributed by atoms with E-state index < -0.39 is 12.7 Å². The average molecular weight is 339 g/mol. The van der Waals surface area contributed by atoms with Gasteiger partial charge in [0, 0.05) is 18.1 Å². The van der Waals surface area contributed by atoms with E-state index in [1.807, 2.05) is 26.8 Å². The molecule has 0 unspecified atom stereocenters. The van der Waals surface area contributed by atoms with Crippen LogP contribution in [0.2, 0.25) is 0 Å². The van der Waals surface area contributed by atoms with Gasteiger partial charge in [-0.25, -0.2) is 4.98 Å². The standard InChI is InChI=1S/C13H18BrF3N2/c1-12(2,3)10-4-5-11(18-8-10)19(7-6-14)9-13(15,16)17/h4-5,8H,6-7,9H2,1-3H3. The fourth-order valence-corrected chi connectivity index (χ4v) is 2.04. The van der Waals surface area contributed by atoms with Crippen LogP contribution in [0.15, 0.2) is 18.3 Å². The van der Waals surface area contributed by atoms with E-state index >= 15 is 0 Å². The molecule has 6 heteroatoms. The Morgan fingerprint density at radius 2 is 1.84 bits per heavy atom. The number of pyridine rings is 1. The van der Waals surface area contributed by atoms with Crippen molar-refractivity contribution in [3.63, 3.8) is 0 Å². The lowest BCUT2D eigenvalue weighted by Gasteiger charge is -2.25. The minimum Gasteiger partial charge on any atom is -0.347 e. The summed E-state index contributed by atoms with van der Waals surface area (Å²) in [5.74, 6) is 0.352. The van der Waals surface area contributed by atoms with E-state index in [4.69, 9.17) is 0 Å². The average Bonchev–Trinajstić information content (AvgIpc) is 2.26. The van der Waals surface area contributed by atoms with E-state index in [0.717, 1.165) is 5.56 Å². The number of nitrogens with zero attached hydrogens (tertiary/aromatic N) is 2. The number of rotatable bonds is 4. The minimum absolute atomic E-state index is 0.0597. The number of alkyl halides is 4. The van der Waals surface area contributed by atoms with E-state index in [1.54, 1.807) is 12.3 Å². The van der Waals surface area contributed by atoms with Gasteiger partial charge in [0.2, 0.25) is 0 Å². The molecular weight excluding hydrogens is 321 g/mol. The van der Waals surface area contributed by atoms with Crippen molar-refractivity contribution < 1.29 is 13.2 Å². The van der Waals surface area contributed by atoms with Crippen LogP contribution in [0.5, 0.6) is 0 Å². The topological polar surface area (TPSA) is 16.1 Å². The Labute approximate surface area is 120 Å². The second-order valence-corrected chi connectivity index (χ2v) is 6.17. The Bertz CT molecular complexity index is 396. The predicted molar refractivity (Wildman–Crippen MR) is 75.0 cm³/mol. The molecule has 1 aromatic rings. The Morgan fingerprint density at radius 3 is 2.21 bits per heavy atom. The van der Waals surface area contributed by atoms with E-state index in [9.17, 15) is 13.2 Å². The molecule has 1 aromatic heterocycles. The number of hydrogen-bond acceptors (Lipinski definition) is 2.